The molecule has 1 rings (SSSR count). The Morgan fingerprint density at radius 2 is 1.88 bits per heavy atom. The van der Waals surface area contributed by atoms with Crippen LogP contribution in [0.3, 0.4) is 0 Å². The van der Waals surface area contributed by atoms with Crippen molar-refractivity contribution in [1.82, 2.24) is 15.5 Å². The highest BCUT2D eigenvalue weighted by atomic mass is 16.2. The number of nitrogens with one attached hydrogen (secondary N) is 2. The summed E-state index contributed by atoms with van der Waals surface area (Å²) >= 11 is 0. The van der Waals surface area contributed by atoms with Crippen LogP contribution in [0.25, 0.3) is 0 Å². The van der Waals surface area contributed by atoms with Crippen molar-refractivity contribution in [3.63, 3.8) is 0 Å². The summed E-state index contributed by atoms with van der Waals surface area (Å²) in [5.74, 6) is -0.416. The van der Waals surface area contributed by atoms with Gasteiger partial charge in [-0.2, -0.15) is 0 Å². The Morgan fingerprint density at radius 3 is 2.25 bits per heavy atom. The first-order valence-electron chi connectivity index (χ1n) is 5.32. The van der Waals surface area contributed by atoms with Gasteiger partial charge >= 0.3 is 6.03 Å². The average molecular weight is 229 g/mol. The fraction of sp³-hybridized carbons (Fsp3) is 0.700. The van der Waals surface area contributed by atoms with Crippen molar-refractivity contribution in [2.45, 2.75) is 32.7 Å². The number of amides is 4. The molecule has 0 aromatic heterocycles. The molecule has 0 aromatic rings. The summed E-state index contributed by atoms with van der Waals surface area (Å²) in [4.78, 5) is 34.4. The molecule has 1 unspecified atom stereocenters. The molecule has 1 aliphatic heterocycles. The van der Waals surface area contributed by atoms with Crippen molar-refractivity contribution in [3.8, 4) is 0 Å². The van der Waals surface area contributed by atoms with Crippen molar-refractivity contribution < 1.29 is 14.4 Å². The first-order chi connectivity index (χ1) is 7.50. The zero-order chi connectivity index (χ0) is 12.7. The van der Waals surface area contributed by atoms with E-state index >= 15 is 0 Å². The van der Waals surface area contributed by atoms with Gasteiger partial charge in [0, 0.05) is 20.5 Å². The molecule has 16 heavy (non-hydrogen) atoms. The van der Waals surface area contributed by atoms with E-state index in [-0.39, 0.29) is 18.2 Å². The van der Waals surface area contributed by atoms with E-state index in [4.69, 9.17) is 0 Å². The molecule has 6 nitrogen and oxygen atoms in total. The summed E-state index contributed by atoms with van der Waals surface area (Å²) in [5, 5.41) is 4.53. The highest BCUT2D eigenvalue weighted by Gasteiger charge is 2.29. The van der Waals surface area contributed by atoms with Gasteiger partial charge in [-0.25, -0.2) is 4.79 Å². The third-order valence-electron chi connectivity index (χ3n) is 2.00. The van der Waals surface area contributed by atoms with Crippen molar-refractivity contribution in [2.75, 3.05) is 14.1 Å². The van der Waals surface area contributed by atoms with Crippen LogP contribution in [0, 0.1) is 0 Å². The van der Waals surface area contributed by atoms with Gasteiger partial charge in [0.25, 0.3) is 5.91 Å². The summed E-state index contributed by atoms with van der Waals surface area (Å²) in [6.07, 6.45) is 0.597. The number of hydrogen-bond donors (Lipinski definition) is 2. The predicted molar refractivity (Wildman–Crippen MR) is 59.7 cm³/mol. The van der Waals surface area contributed by atoms with Crippen LogP contribution >= 0.6 is 0 Å². The van der Waals surface area contributed by atoms with E-state index in [1.807, 2.05) is 13.8 Å². The van der Waals surface area contributed by atoms with E-state index in [1.165, 1.54) is 4.90 Å². The molecule has 0 aliphatic carbocycles. The van der Waals surface area contributed by atoms with E-state index in [0.717, 1.165) is 0 Å². The van der Waals surface area contributed by atoms with E-state index in [0.29, 0.717) is 6.42 Å². The third-order valence-corrected chi connectivity index (χ3v) is 2.00. The maximum Gasteiger partial charge on any atom is 0.322 e. The normalized spacial score (nSPS) is 18.1. The number of carbonyl (C=O) groups excluding carboxylic acids is 3. The standard InChI is InChI=1S/C8H13N3O3.C2H6/c1-11(2)6(12)4-3-5-7(13)10-8(14)9-5;1-2/h5H,3-4H2,1-2H3,(H2,9,10,13,14);1-2H3. The van der Waals surface area contributed by atoms with Crippen LogP contribution in [0.5, 0.6) is 0 Å². The second-order valence-corrected chi connectivity index (χ2v) is 3.34. The van der Waals surface area contributed by atoms with Crippen LogP contribution in [0.4, 0.5) is 4.79 Å². The molecule has 6 heteroatoms. The van der Waals surface area contributed by atoms with Gasteiger partial charge in [0.1, 0.15) is 6.04 Å². The van der Waals surface area contributed by atoms with Crippen LogP contribution in [-0.2, 0) is 9.59 Å². The van der Waals surface area contributed by atoms with Gasteiger partial charge < -0.3 is 10.2 Å². The lowest BCUT2D eigenvalue weighted by molar-refractivity contribution is -0.129. The largest absolute Gasteiger partial charge is 0.349 e. The number of carbonyl (C=O) groups is 3. The van der Waals surface area contributed by atoms with E-state index in [9.17, 15) is 14.4 Å². The number of nitrogens with zero attached hydrogens (tertiary/aromatic N) is 1. The predicted octanol–water partition coefficient (Wildman–Crippen LogP) is 0.0890. The lowest BCUT2D eigenvalue weighted by atomic mass is 10.1. The van der Waals surface area contributed by atoms with Crippen molar-refractivity contribution in [2.24, 2.45) is 0 Å². The summed E-state index contributed by atoms with van der Waals surface area (Å²) < 4.78 is 0. The van der Waals surface area contributed by atoms with Crippen LogP contribution in [0.15, 0.2) is 0 Å². The van der Waals surface area contributed by atoms with Gasteiger partial charge in [0.2, 0.25) is 5.91 Å². The van der Waals surface area contributed by atoms with Crippen LogP contribution < -0.4 is 10.6 Å². The van der Waals surface area contributed by atoms with Gasteiger partial charge in [0.05, 0.1) is 0 Å². The molecule has 92 valence electrons. The van der Waals surface area contributed by atoms with Gasteiger partial charge in [-0.05, 0) is 6.42 Å². The minimum absolute atomic E-state index is 0.0565. The molecule has 2 N–H and O–H groups in total. The van der Waals surface area contributed by atoms with Crippen LogP contribution in [0.1, 0.15) is 26.7 Å². The minimum atomic E-state index is -0.564. The topological polar surface area (TPSA) is 78.5 Å². The lowest BCUT2D eigenvalue weighted by Gasteiger charge is -2.11. The van der Waals surface area contributed by atoms with Gasteiger partial charge in [-0.1, -0.05) is 13.8 Å². The summed E-state index contributed by atoms with van der Waals surface area (Å²) in [7, 11) is 3.30. The second kappa shape index (κ2) is 6.81. The maximum absolute atomic E-state index is 11.2. The van der Waals surface area contributed by atoms with Crippen molar-refractivity contribution >= 4 is 17.8 Å². The second-order valence-electron chi connectivity index (χ2n) is 3.34. The van der Waals surface area contributed by atoms with E-state index in [2.05, 4.69) is 10.6 Å². The molecule has 4 amide bonds. The highest BCUT2D eigenvalue weighted by Crippen LogP contribution is 2.03. The first-order valence-corrected chi connectivity index (χ1v) is 5.32. The SMILES string of the molecule is CC.CN(C)C(=O)CCC1NC(=O)NC1=O. The molecule has 0 saturated carbocycles. The molecule has 0 aromatic carbocycles. The molecule has 1 fully saturated rings. The number of rotatable bonds is 3. The zero-order valence-corrected chi connectivity index (χ0v) is 10.2. The smallest absolute Gasteiger partial charge is 0.322 e. The monoisotopic (exact) mass is 229 g/mol. The molecule has 1 heterocycles. The third kappa shape index (κ3) is 4.29. The number of imide groups is 1. The Kier molecular flexibility index (Phi) is 6.14. The molecular formula is C10H19N3O3. The molecule has 0 bridgehead atoms. The Labute approximate surface area is 95.4 Å². The molecule has 1 aliphatic rings. The van der Waals surface area contributed by atoms with Crippen molar-refractivity contribution in [1.29, 1.82) is 0 Å². The quantitative estimate of drug-likeness (QED) is 0.673. The Hall–Kier alpha value is -1.59. The summed E-state index contributed by atoms with van der Waals surface area (Å²) in [5.41, 5.74) is 0. The molecule has 0 radical (unpaired) electrons. The first kappa shape index (κ1) is 14.4. The lowest BCUT2D eigenvalue weighted by Crippen LogP contribution is -2.31. The highest BCUT2D eigenvalue weighted by molar-refractivity contribution is 6.04. The average Bonchev–Trinajstić information content (AvgIpc) is 2.56. The van der Waals surface area contributed by atoms with Gasteiger partial charge in [-0.3, -0.25) is 14.9 Å². The Bertz CT molecular complexity index is 276. The fourth-order valence-corrected chi connectivity index (χ4v) is 1.15. The Balaban J connectivity index is 0.00000106. The van der Waals surface area contributed by atoms with E-state index in [1.54, 1.807) is 14.1 Å². The fourth-order valence-electron chi connectivity index (χ4n) is 1.15. The molecule has 1 atom stereocenters. The number of hydrogen-bond acceptors (Lipinski definition) is 3. The van der Waals surface area contributed by atoms with Gasteiger partial charge in [-0.15, -0.1) is 0 Å². The summed E-state index contributed by atoms with van der Waals surface area (Å²) in [6, 6.07) is -1.05. The molecule has 1 saturated heterocycles. The maximum atomic E-state index is 11.2. The zero-order valence-electron chi connectivity index (χ0n) is 10.2. The van der Waals surface area contributed by atoms with Crippen molar-refractivity contribution in [3.05, 3.63) is 0 Å². The number of urea groups is 1. The van der Waals surface area contributed by atoms with E-state index < -0.39 is 12.1 Å². The Morgan fingerprint density at radius 1 is 1.31 bits per heavy atom. The minimum Gasteiger partial charge on any atom is -0.349 e. The van der Waals surface area contributed by atoms with Crippen LogP contribution in [0.2, 0.25) is 0 Å². The van der Waals surface area contributed by atoms with Crippen LogP contribution in [-0.4, -0.2) is 42.9 Å². The van der Waals surface area contributed by atoms with Gasteiger partial charge in [0.15, 0.2) is 0 Å². The summed E-state index contributed by atoms with van der Waals surface area (Å²) in [6.45, 7) is 4.00. The molecular weight excluding hydrogens is 210 g/mol. The molecule has 0 spiro atoms.